The van der Waals surface area contributed by atoms with Crippen LogP contribution in [0.4, 0.5) is 0 Å². The van der Waals surface area contributed by atoms with E-state index >= 15 is 0 Å². The zero-order valence-corrected chi connectivity index (χ0v) is 14.6. The first-order chi connectivity index (χ1) is 10.3. The Balaban J connectivity index is 2.04. The molecule has 1 N–H and O–H groups in total. The Morgan fingerprint density at radius 2 is 2.05 bits per heavy atom. The Kier molecular flexibility index (Phi) is 5.64. The average Bonchev–Trinajstić information content (AvgIpc) is 2.84. The molecule has 4 nitrogen and oxygen atoms in total. The van der Waals surface area contributed by atoms with Crippen LogP contribution in [0.2, 0.25) is 10.0 Å². The lowest BCUT2D eigenvalue weighted by molar-refractivity contribution is -0.142. The number of carbonyl (C=O) groups is 2. The number of carboxylic acid groups (broad SMARTS) is 1. The Morgan fingerprint density at radius 3 is 2.64 bits per heavy atom. The monoisotopic (exact) mass is 361 g/mol. The SMILES string of the molecule is CC(Sc1cc(Cl)ccc1Cl)C(=O)N1C[C@@H](C)[C@H](C(=O)O)C1. The van der Waals surface area contributed by atoms with Gasteiger partial charge in [0.2, 0.25) is 5.91 Å². The third-order valence-electron chi connectivity index (χ3n) is 3.79. The van der Waals surface area contributed by atoms with Crippen molar-refractivity contribution in [1.82, 2.24) is 4.90 Å². The predicted molar refractivity (Wildman–Crippen MR) is 88.7 cm³/mol. The smallest absolute Gasteiger partial charge is 0.308 e. The van der Waals surface area contributed by atoms with Crippen molar-refractivity contribution in [3.8, 4) is 0 Å². The molecule has 120 valence electrons. The van der Waals surface area contributed by atoms with Gasteiger partial charge in [-0.2, -0.15) is 0 Å². The standard InChI is InChI=1S/C15H17Cl2NO3S/c1-8-6-18(7-11(8)15(20)21)14(19)9(2)22-13-5-10(16)3-4-12(13)17/h3-5,8-9,11H,6-7H2,1-2H3,(H,20,21)/t8-,9?,11-/m1/s1. The Bertz CT molecular complexity index is 596. The zero-order valence-electron chi connectivity index (χ0n) is 12.3. The van der Waals surface area contributed by atoms with Gasteiger partial charge in [-0.05, 0) is 31.0 Å². The van der Waals surface area contributed by atoms with Crippen LogP contribution in [0.3, 0.4) is 0 Å². The molecular formula is C15H17Cl2NO3S. The minimum absolute atomic E-state index is 0.0339. The molecule has 0 aromatic heterocycles. The number of hydrogen-bond acceptors (Lipinski definition) is 3. The molecule has 22 heavy (non-hydrogen) atoms. The van der Waals surface area contributed by atoms with E-state index in [1.54, 1.807) is 30.0 Å². The van der Waals surface area contributed by atoms with Crippen molar-refractivity contribution in [2.45, 2.75) is 24.0 Å². The highest BCUT2D eigenvalue weighted by Gasteiger charge is 2.38. The lowest BCUT2D eigenvalue weighted by Crippen LogP contribution is -2.35. The quantitative estimate of drug-likeness (QED) is 0.831. The van der Waals surface area contributed by atoms with Crippen LogP contribution in [-0.4, -0.2) is 40.2 Å². The van der Waals surface area contributed by atoms with Crippen molar-refractivity contribution >= 4 is 46.8 Å². The van der Waals surface area contributed by atoms with Gasteiger partial charge in [0, 0.05) is 23.0 Å². The first-order valence-electron chi connectivity index (χ1n) is 6.93. The van der Waals surface area contributed by atoms with Crippen molar-refractivity contribution in [3.63, 3.8) is 0 Å². The molecule has 1 aromatic rings. The van der Waals surface area contributed by atoms with E-state index in [4.69, 9.17) is 28.3 Å². The van der Waals surface area contributed by atoms with Crippen LogP contribution in [0.1, 0.15) is 13.8 Å². The van der Waals surface area contributed by atoms with E-state index in [9.17, 15) is 9.59 Å². The normalized spacial score (nSPS) is 22.6. The molecule has 0 bridgehead atoms. The van der Waals surface area contributed by atoms with E-state index in [0.29, 0.717) is 16.6 Å². The van der Waals surface area contributed by atoms with Gasteiger partial charge < -0.3 is 10.0 Å². The van der Waals surface area contributed by atoms with Gasteiger partial charge in [-0.1, -0.05) is 30.1 Å². The molecule has 1 saturated heterocycles. The van der Waals surface area contributed by atoms with E-state index in [2.05, 4.69) is 0 Å². The number of carbonyl (C=O) groups excluding carboxylic acids is 1. The van der Waals surface area contributed by atoms with Crippen LogP contribution in [0.25, 0.3) is 0 Å². The molecule has 3 atom stereocenters. The second-order valence-electron chi connectivity index (χ2n) is 5.50. The van der Waals surface area contributed by atoms with Crippen molar-refractivity contribution < 1.29 is 14.7 Å². The summed E-state index contributed by atoms with van der Waals surface area (Å²) in [5.74, 6) is -1.44. The first-order valence-corrected chi connectivity index (χ1v) is 8.56. The van der Waals surface area contributed by atoms with Gasteiger partial charge in [0.25, 0.3) is 0 Å². The van der Waals surface area contributed by atoms with Crippen molar-refractivity contribution in [2.24, 2.45) is 11.8 Å². The van der Waals surface area contributed by atoms with Crippen LogP contribution in [0, 0.1) is 11.8 Å². The Labute approximate surface area is 143 Å². The Hall–Kier alpha value is -0.910. The number of hydrogen-bond donors (Lipinski definition) is 1. The van der Waals surface area contributed by atoms with Crippen LogP contribution in [-0.2, 0) is 9.59 Å². The molecule has 0 spiro atoms. The summed E-state index contributed by atoms with van der Waals surface area (Å²) < 4.78 is 0. The summed E-state index contributed by atoms with van der Waals surface area (Å²) in [7, 11) is 0. The highest BCUT2D eigenvalue weighted by molar-refractivity contribution is 8.00. The Morgan fingerprint density at radius 1 is 1.36 bits per heavy atom. The number of likely N-dealkylation sites (tertiary alicyclic amines) is 1. The van der Waals surface area contributed by atoms with Gasteiger partial charge in [-0.15, -0.1) is 11.8 Å². The predicted octanol–water partition coefficient (Wildman–Crippen LogP) is 3.65. The molecule has 1 heterocycles. The zero-order chi connectivity index (χ0) is 16.4. The molecule has 0 aliphatic carbocycles. The molecule has 2 rings (SSSR count). The van der Waals surface area contributed by atoms with Crippen LogP contribution in [0.5, 0.6) is 0 Å². The number of aliphatic carboxylic acids is 1. The summed E-state index contributed by atoms with van der Waals surface area (Å²) in [5.41, 5.74) is 0. The number of thioether (sulfide) groups is 1. The summed E-state index contributed by atoms with van der Waals surface area (Å²) in [6.45, 7) is 4.40. The second-order valence-corrected chi connectivity index (χ2v) is 7.73. The maximum Gasteiger partial charge on any atom is 0.308 e. The van der Waals surface area contributed by atoms with Gasteiger partial charge in [0.05, 0.1) is 16.2 Å². The second kappa shape index (κ2) is 7.11. The summed E-state index contributed by atoms with van der Waals surface area (Å²) in [6, 6.07) is 5.12. The molecule has 7 heteroatoms. The molecule has 1 aromatic carbocycles. The van der Waals surface area contributed by atoms with Crippen LogP contribution < -0.4 is 0 Å². The van der Waals surface area contributed by atoms with Crippen molar-refractivity contribution in [1.29, 1.82) is 0 Å². The van der Waals surface area contributed by atoms with E-state index in [0.717, 1.165) is 4.90 Å². The average molecular weight is 362 g/mol. The lowest BCUT2D eigenvalue weighted by Gasteiger charge is -2.20. The fraction of sp³-hybridized carbons (Fsp3) is 0.467. The summed E-state index contributed by atoms with van der Waals surface area (Å²) in [5, 5.41) is 9.91. The maximum absolute atomic E-state index is 12.5. The summed E-state index contributed by atoms with van der Waals surface area (Å²) >= 11 is 13.4. The highest BCUT2D eigenvalue weighted by atomic mass is 35.5. The molecule has 1 aliphatic heterocycles. The third kappa shape index (κ3) is 3.89. The number of benzene rings is 1. The van der Waals surface area contributed by atoms with E-state index in [1.165, 1.54) is 11.8 Å². The van der Waals surface area contributed by atoms with Gasteiger partial charge in [-0.3, -0.25) is 9.59 Å². The summed E-state index contributed by atoms with van der Waals surface area (Å²) in [6.07, 6.45) is 0. The number of rotatable bonds is 4. The molecule has 1 amide bonds. The number of nitrogens with zero attached hydrogens (tertiary/aromatic N) is 1. The van der Waals surface area contributed by atoms with Gasteiger partial charge in [0.1, 0.15) is 0 Å². The topological polar surface area (TPSA) is 57.6 Å². The first kappa shape index (κ1) is 17.4. The van der Waals surface area contributed by atoms with E-state index in [-0.39, 0.29) is 23.6 Å². The fourth-order valence-electron chi connectivity index (χ4n) is 2.53. The molecule has 1 unspecified atom stereocenters. The summed E-state index contributed by atoms with van der Waals surface area (Å²) in [4.78, 5) is 26.0. The maximum atomic E-state index is 12.5. The molecule has 0 radical (unpaired) electrons. The molecular weight excluding hydrogens is 345 g/mol. The molecule has 1 fully saturated rings. The molecule has 0 saturated carbocycles. The number of amides is 1. The fourth-order valence-corrected chi connectivity index (χ4v) is 4.03. The van der Waals surface area contributed by atoms with Crippen LogP contribution >= 0.6 is 35.0 Å². The van der Waals surface area contributed by atoms with Gasteiger partial charge >= 0.3 is 5.97 Å². The number of carboxylic acids is 1. The largest absolute Gasteiger partial charge is 0.481 e. The third-order valence-corrected chi connectivity index (χ3v) is 5.61. The van der Waals surface area contributed by atoms with Crippen LogP contribution in [0.15, 0.2) is 23.1 Å². The minimum atomic E-state index is -0.846. The van der Waals surface area contributed by atoms with E-state index < -0.39 is 11.9 Å². The minimum Gasteiger partial charge on any atom is -0.481 e. The highest BCUT2D eigenvalue weighted by Crippen LogP contribution is 2.34. The van der Waals surface area contributed by atoms with Crippen molar-refractivity contribution in [3.05, 3.63) is 28.2 Å². The van der Waals surface area contributed by atoms with Crippen molar-refractivity contribution in [2.75, 3.05) is 13.1 Å². The van der Waals surface area contributed by atoms with E-state index in [1.807, 2.05) is 6.92 Å². The van der Waals surface area contributed by atoms with Gasteiger partial charge in [0.15, 0.2) is 0 Å². The van der Waals surface area contributed by atoms with Gasteiger partial charge in [-0.25, -0.2) is 0 Å². The lowest BCUT2D eigenvalue weighted by atomic mass is 9.99. The number of halogens is 2. The molecule has 1 aliphatic rings.